The predicted molar refractivity (Wildman–Crippen MR) is 80.3 cm³/mol. The van der Waals surface area contributed by atoms with Crippen LogP contribution >= 0.6 is 0 Å². The number of halogens is 1. The minimum absolute atomic E-state index is 0.174. The Morgan fingerprint density at radius 2 is 2.05 bits per heavy atom. The van der Waals surface area contributed by atoms with Gasteiger partial charge in [-0.05, 0) is 67.3 Å². The number of nitrogens with one attached hydrogen (secondary N) is 1. The van der Waals surface area contributed by atoms with Crippen molar-refractivity contribution >= 4 is 0 Å². The molecule has 0 spiro atoms. The lowest BCUT2D eigenvalue weighted by molar-refractivity contribution is 0.577. The van der Waals surface area contributed by atoms with Crippen LogP contribution in [-0.4, -0.2) is 12.0 Å². The number of aryl methyl sites for hydroxylation is 2. The number of rotatable bonds is 5. The van der Waals surface area contributed by atoms with E-state index in [1.807, 2.05) is 32.4 Å². The van der Waals surface area contributed by atoms with E-state index in [2.05, 4.69) is 23.3 Å². The molecular formula is C17H21FN2. The Morgan fingerprint density at radius 3 is 2.75 bits per heavy atom. The van der Waals surface area contributed by atoms with Gasteiger partial charge in [0.15, 0.2) is 0 Å². The first-order valence-corrected chi connectivity index (χ1v) is 7.00. The molecule has 2 nitrogen and oxygen atoms in total. The molecule has 1 aromatic carbocycles. The highest BCUT2D eigenvalue weighted by Gasteiger charge is 2.15. The number of nitrogens with zero attached hydrogens (tertiary/aromatic N) is 1. The SMILES string of the molecule is CCc1cnccc1C(Cc1cc(F)ccc1C)NC. The lowest BCUT2D eigenvalue weighted by atomic mass is 9.93. The van der Waals surface area contributed by atoms with Gasteiger partial charge in [0.1, 0.15) is 5.82 Å². The number of hydrogen-bond acceptors (Lipinski definition) is 2. The largest absolute Gasteiger partial charge is 0.313 e. The summed E-state index contributed by atoms with van der Waals surface area (Å²) in [5.74, 6) is -0.175. The van der Waals surface area contributed by atoms with Gasteiger partial charge in [-0.3, -0.25) is 4.98 Å². The number of likely N-dealkylation sites (N-methyl/N-ethyl adjacent to an activating group) is 1. The molecule has 2 aromatic rings. The predicted octanol–water partition coefficient (Wildman–Crippen LogP) is 3.59. The topological polar surface area (TPSA) is 24.9 Å². The molecule has 1 unspecified atom stereocenters. The smallest absolute Gasteiger partial charge is 0.123 e. The number of benzene rings is 1. The van der Waals surface area contributed by atoms with Gasteiger partial charge in [0.2, 0.25) is 0 Å². The lowest BCUT2D eigenvalue weighted by Crippen LogP contribution is -2.21. The summed E-state index contributed by atoms with van der Waals surface area (Å²) >= 11 is 0. The Kier molecular flexibility index (Phi) is 4.85. The average Bonchev–Trinajstić information content (AvgIpc) is 2.48. The molecule has 1 atom stereocenters. The first kappa shape index (κ1) is 14.7. The van der Waals surface area contributed by atoms with Crippen molar-refractivity contribution in [2.75, 3.05) is 7.05 Å². The van der Waals surface area contributed by atoms with Gasteiger partial charge in [0.05, 0.1) is 0 Å². The monoisotopic (exact) mass is 272 g/mol. The van der Waals surface area contributed by atoms with Crippen LogP contribution in [0.2, 0.25) is 0 Å². The van der Waals surface area contributed by atoms with Crippen LogP contribution in [0.4, 0.5) is 4.39 Å². The molecule has 0 radical (unpaired) electrons. The van der Waals surface area contributed by atoms with E-state index in [0.717, 1.165) is 24.0 Å². The van der Waals surface area contributed by atoms with Crippen LogP contribution in [0.5, 0.6) is 0 Å². The van der Waals surface area contributed by atoms with Crippen LogP contribution in [-0.2, 0) is 12.8 Å². The molecule has 1 heterocycles. The first-order valence-electron chi connectivity index (χ1n) is 7.00. The highest BCUT2D eigenvalue weighted by atomic mass is 19.1. The van der Waals surface area contributed by atoms with E-state index in [4.69, 9.17) is 0 Å². The van der Waals surface area contributed by atoms with Gasteiger partial charge in [-0.1, -0.05) is 13.0 Å². The van der Waals surface area contributed by atoms with E-state index in [1.54, 1.807) is 6.07 Å². The molecule has 0 saturated heterocycles. The zero-order chi connectivity index (χ0) is 14.5. The molecule has 1 N–H and O–H groups in total. The lowest BCUT2D eigenvalue weighted by Gasteiger charge is -2.20. The van der Waals surface area contributed by atoms with Gasteiger partial charge >= 0.3 is 0 Å². The third-order valence-electron chi connectivity index (χ3n) is 3.78. The van der Waals surface area contributed by atoms with E-state index in [1.165, 1.54) is 17.2 Å². The summed E-state index contributed by atoms with van der Waals surface area (Å²) in [6.07, 6.45) is 5.45. The second kappa shape index (κ2) is 6.62. The summed E-state index contributed by atoms with van der Waals surface area (Å²) in [5.41, 5.74) is 4.65. The van der Waals surface area contributed by atoms with Crippen molar-refractivity contribution in [3.63, 3.8) is 0 Å². The fourth-order valence-corrected chi connectivity index (χ4v) is 2.52. The number of hydrogen-bond donors (Lipinski definition) is 1. The van der Waals surface area contributed by atoms with Crippen LogP contribution in [0, 0.1) is 12.7 Å². The minimum Gasteiger partial charge on any atom is -0.313 e. The summed E-state index contributed by atoms with van der Waals surface area (Å²) in [4.78, 5) is 4.18. The van der Waals surface area contributed by atoms with Crippen LogP contribution < -0.4 is 5.32 Å². The Bertz CT molecular complexity index is 581. The van der Waals surface area contributed by atoms with Crippen LogP contribution in [0.25, 0.3) is 0 Å². The van der Waals surface area contributed by atoms with Crippen molar-refractivity contribution in [2.24, 2.45) is 0 Å². The van der Waals surface area contributed by atoms with E-state index in [9.17, 15) is 4.39 Å². The summed E-state index contributed by atoms with van der Waals surface area (Å²) in [7, 11) is 1.94. The summed E-state index contributed by atoms with van der Waals surface area (Å²) in [5, 5.41) is 3.34. The van der Waals surface area contributed by atoms with Crippen molar-refractivity contribution in [3.05, 3.63) is 64.7 Å². The molecular weight excluding hydrogens is 251 g/mol. The van der Waals surface area contributed by atoms with E-state index < -0.39 is 0 Å². The summed E-state index contributed by atoms with van der Waals surface area (Å²) in [6.45, 7) is 4.15. The quantitative estimate of drug-likeness (QED) is 0.899. The molecule has 0 aliphatic carbocycles. The highest BCUT2D eigenvalue weighted by molar-refractivity contribution is 5.32. The fraction of sp³-hybridized carbons (Fsp3) is 0.353. The van der Waals surface area contributed by atoms with Crippen molar-refractivity contribution in [2.45, 2.75) is 32.7 Å². The van der Waals surface area contributed by atoms with Gasteiger partial charge in [-0.2, -0.15) is 0 Å². The highest BCUT2D eigenvalue weighted by Crippen LogP contribution is 2.23. The zero-order valence-corrected chi connectivity index (χ0v) is 12.3. The Hall–Kier alpha value is -1.74. The van der Waals surface area contributed by atoms with Gasteiger partial charge < -0.3 is 5.32 Å². The number of aromatic nitrogens is 1. The molecule has 0 fully saturated rings. The molecule has 2 rings (SSSR count). The first-order chi connectivity index (χ1) is 9.65. The van der Waals surface area contributed by atoms with Gasteiger partial charge in [-0.15, -0.1) is 0 Å². The van der Waals surface area contributed by atoms with Crippen LogP contribution in [0.15, 0.2) is 36.7 Å². The molecule has 3 heteroatoms. The van der Waals surface area contributed by atoms with E-state index in [0.29, 0.717) is 0 Å². The van der Waals surface area contributed by atoms with Gasteiger partial charge in [0.25, 0.3) is 0 Å². The van der Waals surface area contributed by atoms with Crippen LogP contribution in [0.3, 0.4) is 0 Å². The Morgan fingerprint density at radius 1 is 1.25 bits per heavy atom. The third kappa shape index (κ3) is 3.23. The summed E-state index contributed by atoms with van der Waals surface area (Å²) in [6, 6.07) is 7.21. The molecule has 0 aliphatic heterocycles. The maximum Gasteiger partial charge on any atom is 0.123 e. The Balaban J connectivity index is 2.31. The minimum atomic E-state index is -0.175. The average molecular weight is 272 g/mol. The van der Waals surface area contributed by atoms with Gasteiger partial charge in [0, 0.05) is 18.4 Å². The maximum absolute atomic E-state index is 13.4. The molecule has 106 valence electrons. The molecule has 1 aromatic heterocycles. The molecule has 0 aliphatic rings. The fourth-order valence-electron chi connectivity index (χ4n) is 2.52. The van der Waals surface area contributed by atoms with Gasteiger partial charge in [-0.25, -0.2) is 4.39 Å². The normalized spacial score (nSPS) is 12.4. The second-order valence-electron chi connectivity index (χ2n) is 5.04. The van der Waals surface area contributed by atoms with Crippen molar-refractivity contribution < 1.29 is 4.39 Å². The Labute approximate surface area is 120 Å². The summed E-state index contributed by atoms with van der Waals surface area (Å²) < 4.78 is 13.4. The maximum atomic E-state index is 13.4. The van der Waals surface area contributed by atoms with Crippen molar-refractivity contribution in [3.8, 4) is 0 Å². The number of pyridine rings is 1. The standard InChI is InChI=1S/C17H21FN2/c1-4-13-11-20-8-7-16(13)17(19-3)10-14-9-15(18)6-5-12(14)2/h5-9,11,17,19H,4,10H2,1-3H3. The molecule has 0 amide bonds. The zero-order valence-electron chi connectivity index (χ0n) is 12.3. The van der Waals surface area contributed by atoms with Crippen LogP contribution in [0.1, 0.15) is 35.2 Å². The molecule has 0 bridgehead atoms. The van der Waals surface area contributed by atoms with Crippen molar-refractivity contribution in [1.29, 1.82) is 0 Å². The third-order valence-corrected chi connectivity index (χ3v) is 3.78. The van der Waals surface area contributed by atoms with E-state index in [-0.39, 0.29) is 11.9 Å². The molecule has 20 heavy (non-hydrogen) atoms. The second-order valence-corrected chi connectivity index (χ2v) is 5.04. The van der Waals surface area contributed by atoms with E-state index >= 15 is 0 Å². The molecule has 0 saturated carbocycles. The van der Waals surface area contributed by atoms with Crippen molar-refractivity contribution in [1.82, 2.24) is 10.3 Å².